The molecule has 2 rings (SSSR count). The van der Waals surface area contributed by atoms with Crippen molar-refractivity contribution in [1.29, 1.82) is 0 Å². The molecule has 0 aromatic carbocycles. The molecule has 3 heteroatoms. The van der Waals surface area contributed by atoms with Gasteiger partial charge < -0.3 is 5.32 Å². The molecule has 1 nitrogen and oxygen atoms in total. The Bertz CT molecular complexity index is 447. The summed E-state index contributed by atoms with van der Waals surface area (Å²) < 4.78 is 0. The van der Waals surface area contributed by atoms with Crippen molar-refractivity contribution in [2.24, 2.45) is 0 Å². The van der Waals surface area contributed by atoms with Crippen LogP contribution in [0.4, 0.5) is 0 Å². The molecule has 0 aliphatic carbocycles. The normalized spacial score (nSPS) is 14.3. The van der Waals surface area contributed by atoms with E-state index in [2.05, 4.69) is 54.2 Å². The molecule has 20 heavy (non-hydrogen) atoms. The average Bonchev–Trinajstić information content (AvgIpc) is 3.11. The molecular weight excluding hydrogens is 282 g/mol. The summed E-state index contributed by atoms with van der Waals surface area (Å²) in [5.74, 6) is 0. The molecule has 0 aliphatic heterocycles. The van der Waals surface area contributed by atoms with E-state index < -0.39 is 0 Å². The smallest absolute Gasteiger partial charge is 0.0465 e. The number of hydrogen-bond donors (Lipinski definition) is 1. The summed E-state index contributed by atoms with van der Waals surface area (Å²) >= 11 is 3.73. The molecule has 110 valence electrons. The van der Waals surface area contributed by atoms with Gasteiger partial charge in [0.15, 0.2) is 0 Å². The van der Waals surface area contributed by atoms with Crippen LogP contribution in [-0.4, -0.2) is 6.04 Å². The van der Waals surface area contributed by atoms with Crippen LogP contribution in [0.1, 0.15) is 55.3 Å². The van der Waals surface area contributed by atoms with Crippen LogP contribution in [0, 0.1) is 0 Å². The van der Waals surface area contributed by atoms with Gasteiger partial charge in [0.05, 0.1) is 0 Å². The quantitative estimate of drug-likeness (QED) is 0.590. The highest BCUT2D eigenvalue weighted by atomic mass is 32.1. The van der Waals surface area contributed by atoms with Crippen molar-refractivity contribution in [1.82, 2.24) is 5.32 Å². The lowest BCUT2D eigenvalue weighted by molar-refractivity contribution is 0.425. The van der Waals surface area contributed by atoms with Crippen LogP contribution in [0.15, 0.2) is 35.0 Å². The Balaban J connectivity index is 1.92. The van der Waals surface area contributed by atoms with Gasteiger partial charge in [-0.1, -0.05) is 38.3 Å². The van der Waals surface area contributed by atoms with Crippen LogP contribution >= 0.6 is 22.7 Å². The highest BCUT2D eigenvalue weighted by Crippen LogP contribution is 2.25. The number of hydrogen-bond acceptors (Lipinski definition) is 3. The van der Waals surface area contributed by atoms with Gasteiger partial charge in [0.1, 0.15) is 0 Å². The van der Waals surface area contributed by atoms with Gasteiger partial charge in [-0.15, -0.1) is 22.7 Å². The summed E-state index contributed by atoms with van der Waals surface area (Å²) in [6, 6.07) is 9.86. The zero-order valence-corrected chi connectivity index (χ0v) is 14.1. The van der Waals surface area contributed by atoms with E-state index in [9.17, 15) is 0 Å². The third-order valence-corrected chi connectivity index (χ3v) is 5.48. The maximum absolute atomic E-state index is 3.83. The predicted molar refractivity (Wildman–Crippen MR) is 91.8 cm³/mol. The molecule has 0 amide bonds. The molecule has 1 N–H and O–H groups in total. The number of unbranched alkanes of at least 4 members (excludes halogenated alkanes) is 2. The average molecular weight is 308 g/mol. The fraction of sp³-hybridized carbons (Fsp3) is 0.529. The standard InChI is InChI=1S/C17H25NS2/c1-3-4-5-8-14(2)18-16(17-10-7-12-20-17)13-15-9-6-11-19-15/h6-7,9-12,14,16,18H,3-5,8,13H2,1-2H3. The van der Waals surface area contributed by atoms with Crippen molar-refractivity contribution in [2.75, 3.05) is 0 Å². The molecule has 0 fully saturated rings. The van der Waals surface area contributed by atoms with Crippen LogP contribution < -0.4 is 5.32 Å². The zero-order chi connectivity index (χ0) is 14.2. The molecule has 2 aromatic heterocycles. The maximum Gasteiger partial charge on any atom is 0.0465 e. The summed E-state index contributed by atoms with van der Waals surface area (Å²) in [5, 5.41) is 8.19. The minimum atomic E-state index is 0.463. The van der Waals surface area contributed by atoms with Crippen molar-refractivity contribution >= 4 is 22.7 Å². The van der Waals surface area contributed by atoms with E-state index in [1.54, 1.807) is 0 Å². The monoisotopic (exact) mass is 307 g/mol. The van der Waals surface area contributed by atoms with Crippen molar-refractivity contribution in [2.45, 2.75) is 58.0 Å². The van der Waals surface area contributed by atoms with Gasteiger partial charge in [-0.25, -0.2) is 0 Å². The van der Waals surface area contributed by atoms with Crippen LogP contribution in [-0.2, 0) is 6.42 Å². The molecule has 2 atom stereocenters. The molecule has 0 bridgehead atoms. The fourth-order valence-electron chi connectivity index (χ4n) is 2.49. The zero-order valence-electron chi connectivity index (χ0n) is 12.5. The molecule has 2 aromatic rings. The van der Waals surface area contributed by atoms with E-state index in [0.29, 0.717) is 12.1 Å². The first-order chi connectivity index (χ1) is 9.79. The molecule has 0 radical (unpaired) electrons. The second kappa shape index (κ2) is 8.60. The lowest BCUT2D eigenvalue weighted by atomic mass is 10.1. The van der Waals surface area contributed by atoms with E-state index in [1.165, 1.54) is 35.4 Å². The van der Waals surface area contributed by atoms with Gasteiger partial charge >= 0.3 is 0 Å². The van der Waals surface area contributed by atoms with E-state index in [1.807, 2.05) is 22.7 Å². The summed E-state index contributed by atoms with van der Waals surface area (Å²) in [5.41, 5.74) is 0. The lowest BCUT2D eigenvalue weighted by Gasteiger charge is -2.22. The van der Waals surface area contributed by atoms with Gasteiger partial charge in [-0.2, -0.15) is 0 Å². The molecular formula is C17H25NS2. The maximum atomic E-state index is 3.83. The van der Waals surface area contributed by atoms with Gasteiger partial charge in [0, 0.05) is 28.3 Å². The van der Waals surface area contributed by atoms with Crippen molar-refractivity contribution < 1.29 is 0 Å². The van der Waals surface area contributed by atoms with Gasteiger partial charge in [-0.05, 0) is 36.2 Å². The molecule has 0 saturated heterocycles. The SMILES string of the molecule is CCCCCC(C)NC(Cc1cccs1)c1cccs1. The second-order valence-electron chi connectivity index (χ2n) is 5.41. The molecule has 2 heterocycles. The van der Waals surface area contributed by atoms with Crippen molar-refractivity contribution in [3.05, 3.63) is 44.8 Å². The summed E-state index contributed by atoms with van der Waals surface area (Å²) in [4.78, 5) is 2.93. The first kappa shape index (κ1) is 15.7. The molecule has 0 aliphatic rings. The lowest BCUT2D eigenvalue weighted by Crippen LogP contribution is -2.31. The van der Waals surface area contributed by atoms with E-state index >= 15 is 0 Å². The second-order valence-corrected chi connectivity index (χ2v) is 7.43. The van der Waals surface area contributed by atoms with Gasteiger partial charge in [-0.3, -0.25) is 0 Å². The Kier molecular flexibility index (Phi) is 6.77. The summed E-state index contributed by atoms with van der Waals surface area (Å²) in [6.45, 7) is 4.59. The Hall–Kier alpha value is -0.640. The minimum Gasteiger partial charge on any atom is -0.306 e. The molecule has 0 spiro atoms. The Morgan fingerprint density at radius 1 is 1.10 bits per heavy atom. The minimum absolute atomic E-state index is 0.463. The predicted octanol–water partition coefficient (Wildman–Crippen LogP) is 5.65. The topological polar surface area (TPSA) is 12.0 Å². The largest absolute Gasteiger partial charge is 0.306 e. The van der Waals surface area contributed by atoms with Crippen LogP contribution in [0.5, 0.6) is 0 Å². The third kappa shape index (κ3) is 5.04. The highest BCUT2D eigenvalue weighted by Gasteiger charge is 2.16. The van der Waals surface area contributed by atoms with Crippen molar-refractivity contribution in [3.8, 4) is 0 Å². The van der Waals surface area contributed by atoms with Crippen LogP contribution in [0.25, 0.3) is 0 Å². The number of nitrogens with one attached hydrogen (secondary N) is 1. The van der Waals surface area contributed by atoms with Gasteiger partial charge in [0.2, 0.25) is 0 Å². The first-order valence-electron chi connectivity index (χ1n) is 7.61. The first-order valence-corrected chi connectivity index (χ1v) is 9.37. The number of thiophene rings is 2. The van der Waals surface area contributed by atoms with Crippen LogP contribution in [0.2, 0.25) is 0 Å². The van der Waals surface area contributed by atoms with Crippen molar-refractivity contribution in [3.63, 3.8) is 0 Å². The Morgan fingerprint density at radius 3 is 2.55 bits per heavy atom. The summed E-state index contributed by atoms with van der Waals surface area (Å²) in [6.07, 6.45) is 6.37. The summed E-state index contributed by atoms with van der Waals surface area (Å²) in [7, 11) is 0. The Morgan fingerprint density at radius 2 is 1.90 bits per heavy atom. The number of rotatable bonds is 9. The molecule has 2 unspecified atom stereocenters. The van der Waals surface area contributed by atoms with E-state index in [0.717, 1.165) is 6.42 Å². The fourth-order valence-corrected chi connectivity index (χ4v) is 4.03. The van der Waals surface area contributed by atoms with Gasteiger partial charge in [0.25, 0.3) is 0 Å². The molecule has 0 saturated carbocycles. The van der Waals surface area contributed by atoms with E-state index in [4.69, 9.17) is 0 Å². The van der Waals surface area contributed by atoms with Crippen LogP contribution in [0.3, 0.4) is 0 Å². The highest BCUT2D eigenvalue weighted by molar-refractivity contribution is 7.10. The Labute approximate surface area is 131 Å². The third-order valence-electron chi connectivity index (χ3n) is 3.60. The van der Waals surface area contributed by atoms with E-state index in [-0.39, 0.29) is 0 Å².